The molecule has 1 aliphatic rings. The minimum atomic E-state index is -0.514. The second-order valence-electron chi connectivity index (χ2n) is 5.12. The highest BCUT2D eigenvalue weighted by molar-refractivity contribution is 5.17. The number of nitro groups is 1. The Hall–Kier alpha value is -1.36. The normalized spacial score (nSPS) is 17.4. The fraction of sp³-hybridized carbons (Fsp3) is 0.667. The Morgan fingerprint density at radius 1 is 1.53 bits per heavy atom. The molecule has 0 saturated heterocycles. The quantitative estimate of drug-likeness (QED) is 0.611. The molecule has 0 atom stereocenters. The standard InChI is InChI=1S/C12H18N2O3/c1-9(2)12(5-6-12)8-13-7-10-3-4-11(17-10)14(15)16/h3-4,9,13H,5-8H2,1-2H3. The average molecular weight is 238 g/mol. The van der Waals surface area contributed by atoms with Crippen LogP contribution in [-0.2, 0) is 6.54 Å². The van der Waals surface area contributed by atoms with E-state index in [1.165, 1.54) is 18.9 Å². The molecule has 0 aliphatic heterocycles. The summed E-state index contributed by atoms with van der Waals surface area (Å²) in [6.45, 7) is 6.00. The number of hydrogen-bond acceptors (Lipinski definition) is 4. The van der Waals surface area contributed by atoms with Gasteiger partial charge in [0.25, 0.3) is 0 Å². The summed E-state index contributed by atoms with van der Waals surface area (Å²) in [5.41, 5.74) is 0.443. The number of nitrogens with zero attached hydrogens (tertiary/aromatic N) is 1. The van der Waals surface area contributed by atoms with Crippen molar-refractivity contribution >= 4 is 5.88 Å². The number of rotatable bonds is 6. The first-order valence-corrected chi connectivity index (χ1v) is 5.97. The van der Waals surface area contributed by atoms with Crippen molar-refractivity contribution in [3.05, 3.63) is 28.0 Å². The van der Waals surface area contributed by atoms with Crippen molar-refractivity contribution in [2.24, 2.45) is 11.3 Å². The molecule has 0 bridgehead atoms. The van der Waals surface area contributed by atoms with Gasteiger partial charge in [-0.25, -0.2) is 0 Å². The van der Waals surface area contributed by atoms with Gasteiger partial charge >= 0.3 is 5.88 Å². The van der Waals surface area contributed by atoms with E-state index in [1.807, 2.05) is 0 Å². The predicted molar refractivity (Wildman–Crippen MR) is 63.6 cm³/mol. The Kier molecular flexibility index (Phi) is 3.19. The van der Waals surface area contributed by atoms with Crippen molar-refractivity contribution in [3.8, 4) is 0 Å². The predicted octanol–water partition coefficient (Wildman–Crippen LogP) is 2.71. The lowest BCUT2D eigenvalue weighted by atomic mass is 9.92. The molecule has 1 fully saturated rings. The average Bonchev–Trinajstić information content (AvgIpc) is 2.89. The molecule has 1 aromatic rings. The third-order valence-corrected chi connectivity index (χ3v) is 3.72. The van der Waals surface area contributed by atoms with E-state index in [0.29, 0.717) is 23.6 Å². The zero-order chi connectivity index (χ0) is 12.5. The second-order valence-corrected chi connectivity index (χ2v) is 5.12. The smallest absolute Gasteiger partial charge is 0.404 e. The van der Waals surface area contributed by atoms with Crippen LogP contribution in [0.25, 0.3) is 0 Å². The minimum Gasteiger partial charge on any atom is -0.404 e. The Balaban J connectivity index is 1.80. The van der Waals surface area contributed by atoms with Crippen molar-refractivity contribution in [1.82, 2.24) is 5.32 Å². The largest absolute Gasteiger partial charge is 0.433 e. The molecule has 1 aromatic heterocycles. The molecule has 1 heterocycles. The van der Waals surface area contributed by atoms with Gasteiger partial charge < -0.3 is 9.73 Å². The van der Waals surface area contributed by atoms with Gasteiger partial charge in [-0.15, -0.1) is 0 Å². The summed E-state index contributed by atoms with van der Waals surface area (Å²) in [5, 5.41) is 13.8. The van der Waals surface area contributed by atoms with Crippen LogP contribution in [0.4, 0.5) is 5.88 Å². The maximum absolute atomic E-state index is 10.4. The minimum absolute atomic E-state index is 0.188. The van der Waals surface area contributed by atoms with Gasteiger partial charge in [-0.1, -0.05) is 13.8 Å². The summed E-state index contributed by atoms with van der Waals surface area (Å²) in [6, 6.07) is 3.05. The van der Waals surface area contributed by atoms with Crippen LogP contribution >= 0.6 is 0 Å². The summed E-state index contributed by atoms with van der Waals surface area (Å²) in [7, 11) is 0. The lowest BCUT2D eigenvalue weighted by molar-refractivity contribution is -0.402. The summed E-state index contributed by atoms with van der Waals surface area (Å²) in [4.78, 5) is 9.92. The highest BCUT2D eigenvalue weighted by Gasteiger charge is 2.44. The molecule has 5 heteroatoms. The molecule has 0 unspecified atom stereocenters. The first-order chi connectivity index (χ1) is 8.03. The lowest BCUT2D eigenvalue weighted by Gasteiger charge is -2.19. The highest BCUT2D eigenvalue weighted by atomic mass is 16.6. The molecular formula is C12H18N2O3. The number of hydrogen-bond donors (Lipinski definition) is 1. The van der Waals surface area contributed by atoms with Crippen molar-refractivity contribution < 1.29 is 9.34 Å². The SMILES string of the molecule is CC(C)C1(CNCc2ccc([N+](=O)[O-])o2)CC1. The van der Waals surface area contributed by atoms with Gasteiger partial charge in [0.2, 0.25) is 0 Å². The van der Waals surface area contributed by atoms with Crippen LogP contribution in [0.3, 0.4) is 0 Å². The van der Waals surface area contributed by atoms with Crippen molar-refractivity contribution in [1.29, 1.82) is 0 Å². The van der Waals surface area contributed by atoms with Gasteiger partial charge in [-0.05, 0) is 30.2 Å². The highest BCUT2D eigenvalue weighted by Crippen LogP contribution is 2.51. The summed E-state index contributed by atoms with van der Waals surface area (Å²) < 4.78 is 5.08. The van der Waals surface area contributed by atoms with Gasteiger partial charge in [0, 0.05) is 6.54 Å². The van der Waals surface area contributed by atoms with E-state index in [4.69, 9.17) is 4.42 Å². The van der Waals surface area contributed by atoms with E-state index < -0.39 is 4.92 Å². The lowest BCUT2D eigenvalue weighted by Crippen LogP contribution is -2.27. The van der Waals surface area contributed by atoms with Crippen molar-refractivity contribution in [2.75, 3.05) is 6.54 Å². The van der Waals surface area contributed by atoms with E-state index in [9.17, 15) is 10.1 Å². The monoisotopic (exact) mass is 238 g/mol. The van der Waals surface area contributed by atoms with Gasteiger partial charge in [0.15, 0.2) is 0 Å². The molecule has 2 rings (SSSR count). The summed E-state index contributed by atoms with van der Waals surface area (Å²) >= 11 is 0. The number of furan rings is 1. The first kappa shape index (κ1) is 12.1. The third kappa shape index (κ3) is 2.66. The maximum atomic E-state index is 10.4. The molecular weight excluding hydrogens is 220 g/mol. The Morgan fingerprint density at radius 3 is 2.71 bits per heavy atom. The van der Waals surface area contributed by atoms with Crippen LogP contribution in [-0.4, -0.2) is 11.5 Å². The van der Waals surface area contributed by atoms with Crippen LogP contribution in [0.1, 0.15) is 32.4 Å². The van der Waals surface area contributed by atoms with Gasteiger partial charge in [0.05, 0.1) is 12.6 Å². The van der Waals surface area contributed by atoms with E-state index >= 15 is 0 Å². The van der Waals surface area contributed by atoms with E-state index in [-0.39, 0.29) is 5.88 Å². The molecule has 17 heavy (non-hydrogen) atoms. The van der Waals surface area contributed by atoms with Crippen LogP contribution in [0.15, 0.2) is 16.5 Å². The van der Waals surface area contributed by atoms with Crippen molar-refractivity contribution in [2.45, 2.75) is 33.2 Å². The van der Waals surface area contributed by atoms with E-state index in [2.05, 4.69) is 19.2 Å². The molecule has 0 aromatic carbocycles. The first-order valence-electron chi connectivity index (χ1n) is 5.97. The van der Waals surface area contributed by atoms with Crippen LogP contribution < -0.4 is 5.32 Å². The van der Waals surface area contributed by atoms with Crippen molar-refractivity contribution in [3.63, 3.8) is 0 Å². The van der Waals surface area contributed by atoms with Crippen LogP contribution in [0.5, 0.6) is 0 Å². The maximum Gasteiger partial charge on any atom is 0.433 e. The summed E-state index contributed by atoms with van der Waals surface area (Å²) in [6.07, 6.45) is 2.55. The molecule has 0 radical (unpaired) electrons. The second kappa shape index (κ2) is 4.49. The molecule has 1 N–H and O–H groups in total. The van der Waals surface area contributed by atoms with Gasteiger partial charge in [0.1, 0.15) is 10.7 Å². The Labute approximate surface area is 100 Å². The molecule has 0 spiro atoms. The Morgan fingerprint density at radius 2 is 2.24 bits per heavy atom. The fourth-order valence-electron chi connectivity index (χ4n) is 2.11. The molecule has 5 nitrogen and oxygen atoms in total. The fourth-order valence-corrected chi connectivity index (χ4v) is 2.11. The zero-order valence-corrected chi connectivity index (χ0v) is 10.2. The Bertz CT molecular complexity index is 408. The van der Waals surface area contributed by atoms with Gasteiger partial charge in [-0.2, -0.15) is 0 Å². The number of nitrogens with one attached hydrogen (secondary N) is 1. The third-order valence-electron chi connectivity index (χ3n) is 3.72. The zero-order valence-electron chi connectivity index (χ0n) is 10.2. The van der Waals surface area contributed by atoms with Crippen LogP contribution in [0, 0.1) is 21.4 Å². The summed E-state index contributed by atoms with van der Waals surface area (Å²) in [5.74, 6) is 1.11. The van der Waals surface area contributed by atoms with E-state index in [1.54, 1.807) is 6.07 Å². The molecule has 0 amide bonds. The van der Waals surface area contributed by atoms with Gasteiger partial charge in [-0.3, -0.25) is 10.1 Å². The molecule has 1 saturated carbocycles. The van der Waals surface area contributed by atoms with Crippen LogP contribution in [0.2, 0.25) is 0 Å². The topological polar surface area (TPSA) is 68.3 Å². The molecule has 1 aliphatic carbocycles. The van der Waals surface area contributed by atoms with E-state index in [0.717, 1.165) is 6.54 Å². The molecule has 94 valence electrons.